The number of nitrogens with zero attached hydrogens (tertiary/aromatic N) is 4. The molecule has 6 nitrogen and oxygen atoms in total. The molecule has 0 unspecified atom stereocenters. The number of hydrogen-bond acceptors (Lipinski definition) is 5. The highest BCUT2D eigenvalue weighted by atomic mass is 16.3. The normalized spacial score (nSPS) is 16.4. The molecule has 1 saturated carbocycles. The van der Waals surface area contributed by atoms with E-state index in [1.807, 2.05) is 12.1 Å². The van der Waals surface area contributed by atoms with Gasteiger partial charge in [-0.3, -0.25) is 0 Å². The number of tetrazole rings is 1. The molecule has 96 valence electrons. The zero-order chi connectivity index (χ0) is 12.2. The van der Waals surface area contributed by atoms with Crippen LogP contribution in [0.2, 0.25) is 0 Å². The molecule has 0 aliphatic heterocycles. The average Bonchev–Trinajstić information content (AvgIpc) is 3.12. The van der Waals surface area contributed by atoms with Gasteiger partial charge in [0.25, 0.3) is 0 Å². The van der Waals surface area contributed by atoms with E-state index in [9.17, 15) is 0 Å². The first kappa shape index (κ1) is 11.4. The van der Waals surface area contributed by atoms with Gasteiger partial charge >= 0.3 is 0 Å². The van der Waals surface area contributed by atoms with Crippen molar-refractivity contribution < 1.29 is 4.42 Å². The van der Waals surface area contributed by atoms with E-state index in [2.05, 4.69) is 20.7 Å². The minimum atomic E-state index is 0.542. The maximum absolute atomic E-state index is 5.22. The third kappa shape index (κ3) is 2.59. The summed E-state index contributed by atoms with van der Waals surface area (Å²) >= 11 is 0. The molecule has 1 N–H and O–H groups in total. The lowest BCUT2D eigenvalue weighted by molar-refractivity contribution is 0.449. The Hall–Kier alpha value is -1.69. The first-order valence-corrected chi connectivity index (χ1v) is 6.47. The molecule has 1 fully saturated rings. The van der Waals surface area contributed by atoms with Crippen LogP contribution >= 0.6 is 0 Å². The lowest BCUT2D eigenvalue weighted by atomic mass is 10.2. The van der Waals surface area contributed by atoms with Gasteiger partial charge in [0.2, 0.25) is 5.82 Å². The van der Waals surface area contributed by atoms with Crippen LogP contribution in [-0.4, -0.2) is 32.8 Å². The predicted octanol–water partition coefficient (Wildman–Crippen LogP) is 1.47. The molecule has 2 heterocycles. The molecule has 0 spiro atoms. The second-order valence-corrected chi connectivity index (χ2v) is 4.62. The fourth-order valence-electron chi connectivity index (χ4n) is 2.34. The fraction of sp³-hybridized carbons (Fsp3) is 0.583. The summed E-state index contributed by atoms with van der Waals surface area (Å²) < 4.78 is 5.22. The summed E-state index contributed by atoms with van der Waals surface area (Å²) in [4.78, 5) is 1.61. The highest BCUT2D eigenvalue weighted by molar-refractivity contribution is 5.43. The third-order valence-electron chi connectivity index (χ3n) is 3.29. The number of furan rings is 1. The summed E-state index contributed by atoms with van der Waals surface area (Å²) in [6.07, 6.45) is 6.90. The van der Waals surface area contributed by atoms with Gasteiger partial charge in [0.1, 0.15) is 0 Å². The Balaban J connectivity index is 1.51. The molecule has 1 aliphatic carbocycles. The monoisotopic (exact) mass is 247 g/mol. The van der Waals surface area contributed by atoms with Crippen LogP contribution in [0.25, 0.3) is 11.6 Å². The largest absolute Gasteiger partial charge is 0.461 e. The summed E-state index contributed by atoms with van der Waals surface area (Å²) in [5, 5.41) is 15.8. The lowest BCUT2D eigenvalue weighted by Crippen LogP contribution is -2.29. The summed E-state index contributed by atoms with van der Waals surface area (Å²) in [5.41, 5.74) is 0. The number of rotatable bonds is 5. The van der Waals surface area contributed by atoms with Crippen molar-refractivity contribution in [3.05, 3.63) is 18.4 Å². The van der Waals surface area contributed by atoms with Gasteiger partial charge in [-0.05, 0) is 30.2 Å². The van der Waals surface area contributed by atoms with Crippen molar-refractivity contribution in [3.8, 4) is 11.6 Å². The number of aromatic nitrogens is 4. The second-order valence-electron chi connectivity index (χ2n) is 4.62. The van der Waals surface area contributed by atoms with Gasteiger partial charge in [-0.25, -0.2) is 0 Å². The smallest absolute Gasteiger partial charge is 0.240 e. The Morgan fingerprint density at radius 1 is 1.39 bits per heavy atom. The van der Waals surface area contributed by atoms with Crippen molar-refractivity contribution in [1.82, 2.24) is 25.5 Å². The predicted molar refractivity (Wildman–Crippen MR) is 65.8 cm³/mol. The van der Waals surface area contributed by atoms with Crippen molar-refractivity contribution in [2.75, 3.05) is 6.54 Å². The first-order valence-electron chi connectivity index (χ1n) is 6.47. The molecule has 0 radical (unpaired) electrons. The molecule has 2 aromatic rings. The minimum Gasteiger partial charge on any atom is -0.461 e. The van der Waals surface area contributed by atoms with E-state index in [1.165, 1.54) is 25.7 Å². The molecule has 0 bridgehead atoms. The second kappa shape index (κ2) is 5.30. The standard InChI is InChI=1S/C12H17N5O/c1-2-5-10(4-1)13-7-8-17-15-12(14-16-17)11-6-3-9-18-11/h3,6,9-10,13H,1-2,4-5,7-8H2. The Labute approximate surface area is 105 Å². The van der Waals surface area contributed by atoms with Gasteiger partial charge in [0, 0.05) is 12.6 Å². The molecular weight excluding hydrogens is 230 g/mol. The lowest BCUT2D eigenvalue weighted by Gasteiger charge is -2.10. The molecule has 1 aliphatic rings. The van der Waals surface area contributed by atoms with Gasteiger partial charge in [-0.15, -0.1) is 10.2 Å². The van der Waals surface area contributed by atoms with E-state index in [-0.39, 0.29) is 0 Å². The molecule has 6 heteroatoms. The van der Waals surface area contributed by atoms with Gasteiger partial charge in [0.15, 0.2) is 5.76 Å². The fourth-order valence-corrected chi connectivity index (χ4v) is 2.34. The molecule has 2 aromatic heterocycles. The van der Waals surface area contributed by atoms with Crippen LogP contribution in [0.1, 0.15) is 25.7 Å². The molecule has 0 aromatic carbocycles. The third-order valence-corrected chi connectivity index (χ3v) is 3.29. The Kier molecular flexibility index (Phi) is 3.36. The molecule has 0 atom stereocenters. The molecule has 3 rings (SSSR count). The van der Waals surface area contributed by atoms with Crippen LogP contribution in [0.3, 0.4) is 0 Å². The van der Waals surface area contributed by atoms with Gasteiger partial charge < -0.3 is 9.73 Å². The zero-order valence-corrected chi connectivity index (χ0v) is 10.2. The van der Waals surface area contributed by atoms with Crippen molar-refractivity contribution in [3.63, 3.8) is 0 Å². The SMILES string of the molecule is c1coc(-c2nnn(CCNC3CCCC3)n2)c1. The summed E-state index contributed by atoms with van der Waals surface area (Å²) in [6, 6.07) is 4.33. The van der Waals surface area contributed by atoms with E-state index < -0.39 is 0 Å². The average molecular weight is 247 g/mol. The van der Waals surface area contributed by atoms with Crippen molar-refractivity contribution >= 4 is 0 Å². The Morgan fingerprint density at radius 2 is 2.28 bits per heavy atom. The van der Waals surface area contributed by atoms with Crippen LogP contribution < -0.4 is 5.32 Å². The van der Waals surface area contributed by atoms with Crippen LogP contribution in [0, 0.1) is 0 Å². The number of nitrogens with one attached hydrogen (secondary N) is 1. The van der Waals surface area contributed by atoms with Crippen LogP contribution in [0.4, 0.5) is 0 Å². The van der Waals surface area contributed by atoms with E-state index in [1.54, 1.807) is 11.1 Å². The Morgan fingerprint density at radius 3 is 3.06 bits per heavy atom. The topological polar surface area (TPSA) is 68.8 Å². The van der Waals surface area contributed by atoms with Gasteiger partial charge in [0.05, 0.1) is 12.8 Å². The van der Waals surface area contributed by atoms with Gasteiger partial charge in [-0.1, -0.05) is 12.8 Å². The Bertz CT molecular complexity index is 472. The summed E-state index contributed by atoms with van der Waals surface area (Å²) in [5.74, 6) is 1.20. The molecule has 0 amide bonds. The highest BCUT2D eigenvalue weighted by Gasteiger charge is 2.14. The summed E-state index contributed by atoms with van der Waals surface area (Å²) in [7, 11) is 0. The highest BCUT2D eigenvalue weighted by Crippen LogP contribution is 2.17. The van der Waals surface area contributed by atoms with Crippen molar-refractivity contribution in [2.24, 2.45) is 0 Å². The van der Waals surface area contributed by atoms with E-state index in [4.69, 9.17) is 4.42 Å². The zero-order valence-electron chi connectivity index (χ0n) is 10.2. The first-order chi connectivity index (χ1) is 8.92. The van der Waals surface area contributed by atoms with E-state index >= 15 is 0 Å². The maximum atomic E-state index is 5.22. The number of hydrogen-bond donors (Lipinski definition) is 1. The maximum Gasteiger partial charge on any atom is 0.240 e. The van der Waals surface area contributed by atoms with E-state index in [0.717, 1.165) is 13.1 Å². The van der Waals surface area contributed by atoms with Gasteiger partial charge in [-0.2, -0.15) is 4.80 Å². The van der Waals surface area contributed by atoms with E-state index in [0.29, 0.717) is 17.6 Å². The summed E-state index contributed by atoms with van der Waals surface area (Å²) in [6.45, 7) is 1.63. The van der Waals surface area contributed by atoms with Crippen molar-refractivity contribution in [1.29, 1.82) is 0 Å². The molecule has 18 heavy (non-hydrogen) atoms. The molecule has 0 saturated heterocycles. The van der Waals surface area contributed by atoms with Crippen molar-refractivity contribution in [2.45, 2.75) is 38.3 Å². The van der Waals surface area contributed by atoms with Crippen LogP contribution in [-0.2, 0) is 6.54 Å². The quantitative estimate of drug-likeness (QED) is 0.866. The van der Waals surface area contributed by atoms with Crippen LogP contribution in [0.15, 0.2) is 22.8 Å². The van der Waals surface area contributed by atoms with Crippen LogP contribution in [0.5, 0.6) is 0 Å². The molecular formula is C12H17N5O. The minimum absolute atomic E-state index is 0.542.